The largest absolute Gasteiger partial charge is 0.497 e. The topological polar surface area (TPSA) is 93.2 Å². The number of anilines is 1. The van der Waals surface area contributed by atoms with Gasteiger partial charge in [-0.2, -0.15) is 0 Å². The van der Waals surface area contributed by atoms with E-state index in [0.717, 1.165) is 5.69 Å². The molecule has 0 saturated carbocycles. The highest BCUT2D eigenvalue weighted by Crippen LogP contribution is 2.18. The fourth-order valence-corrected chi connectivity index (χ4v) is 2.80. The minimum absolute atomic E-state index is 0.246. The van der Waals surface area contributed by atoms with Crippen LogP contribution >= 0.6 is 11.3 Å². The highest BCUT2D eigenvalue weighted by molar-refractivity contribution is 7.14. The van der Waals surface area contributed by atoms with Crippen molar-refractivity contribution in [3.63, 3.8) is 0 Å². The summed E-state index contributed by atoms with van der Waals surface area (Å²) in [6, 6.07) is 12.2. The molecule has 3 aromatic rings. The van der Waals surface area contributed by atoms with Gasteiger partial charge in [0.2, 0.25) is 0 Å². The van der Waals surface area contributed by atoms with E-state index in [1.54, 1.807) is 43.0 Å². The maximum absolute atomic E-state index is 12.2. The van der Waals surface area contributed by atoms with Crippen LogP contribution in [0.15, 0.2) is 54.0 Å². The summed E-state index contributed by atoms with van der Waals surface area (Å²) in [5.41, 5.74) is 1.47. The molecule has 0 spiro atoms. The maximum Gasteiger partial charge on any atom is 0.271 e. The summed E-state index contributed by atoms with van der Waals surface area (Å²) in [5, 5.41) is 7.37. The first-order valence-electron chi connectivity index (χ1n) is 7.75. The Morgan fingerprint density at radius 3 is 2.62 bits per heavy atom. The molecule has 2 aromatic heterocycles. The molecule has 0 fully saturated rings. The number of methoxy groups -OCH3 is 1. The molecule has 0 radical (unpaired) electrons. The van der Waals surface area contributed by atoms with Gasteiger partial charge >= 0.3 is 0 Å². The minimum atomic E-state index is -0.322. The van der Waals surface area contributed by atoms with Gasteiger partial charge < -0.3 is 10.1 Å². The summed E-state index contributed by atoms with van der Waals surface area (Å²) in [5.74, 6) is 0.0435. The van der Waals surface area contributed by atoms with Gasteiger partial charge in [-0.3, -0.25) is 19.9 Å². The van der Waals surface area contributed by atoms with Gasteiger partial charge in [-0.25, -0.2) is 4.98 Å². The van der Waals surface area contributed by atoms with E-state index in [9.17, 15) is 9.59 Å². The average molecular weight is 368 g/mol. The zero-order valence-corrected chi connectivity index (χ0v) is 14.7. The predicted octanol–water partition coefficient (Wildman–Crippen LogP) is 2.73. The van der Waals surface area contributed by atoms with Gasteiger partial charge in [0.15, 0.2) is 5.13 Å². The summed E-state index contributed by atoms with van der Waals surface area (Å²) in [6.07, 6.45) is 1.66. The van der Waals surface area contributed by atoms with Gasteiger partial charge in [0, 0.05) is 17.1 Å². The summed E-state index contributed by atoms with van der Waals surface area (Å²) >= 11 is 1.19. The highest BCUT2D eigenvalue weighted by atomic mass is 32.1. The molecule has 0 aliphatic heterocycles. The van der Waals surface area contributed by atoms with E-state index in [1.165, 1.54) is 11.3 Å². The third-order valence-corrected chi connectivity index (χ3v) is 4.22. The van der Waals surface area contributed by atoms with Crippen LogP contribution in [0.1, 0.15) is 26.5 Å². The van der Waals surface area contributed by atoms with E-state index in [0.29, 0.717) is 23.0 Å². The van der Waals surface area contributed by atoms with Crippen LogP contribution in [0.4, 0.5) is 5.13 Å². The van der Waals surface area contributed by atoms with Crippen LogP contribution < -0.4 is 15.4 Å². The second-order valence-corrected chi connectivity index (χ2v) is 6.08. The Labute approximate surface area is 154 Å². The molecule has 2 N–H and O–H groups in total. The zero-order valence-electron chi connectivity index (χ0n) is 13.9. The number of carbonyl (C=O) groups is 2. The van der Waals surface area contributed by atoms with Crippen molar-refractivity contribution in [1.82, 2.24) is 15.3 Å². The Bertz CT molecular complexity index is 894. The number of hydrogen-bond donors (Lipinski definition) is 2. The van der Waals surface area contributed by atoms with Crippen LogP contribution in [-0.2, 0) is 6.54 Å². The number of thiazole rings is 1. The molecular weight excluding hydrogens is 352 g/mol. The van der Waals surface area contributed by atoms with Gasteiger partial charge in [0.05, 0.1) is 19.3 Å². The van der Waals surface area contributed by atoms with E-state index in [4.69, 9.17) is 4.74 Å². The molecule has 0 atom stereocenters. The molecule has 3 rings (SSSR count). The molecule has 132 valence electrons. The van der Waals surface area contributed by atoms with Crippen LogP contribution in [0.5, 0.6) is 5.75 Å². The van der Waals surface area contributed by atoms with Crippen molar-refractivity contribution in [2.45, 2.75) is 6.54 Å². The number of ether oxygens (including phenoxy) is 1. The second-order valence-electron chi connectivity index (χ2n) is 5.22. The lowest BCUT2D eigenvalue weighted by Crippen LogP contribution is -2.23. The van der Waals surface area contributed by atoms with Crippen molar-refractivity contribution in [2.75, 3.05) is 12.4 Å². The molecular formula is C18H16N4O3S. The summed E-state index contributed by atoms with van der Waals surface area (Å²) in [4.78, 5) is 32.6. The minimum Gasteiger partial charge on any atom is -0.497 e. The van der Waals surface area contributed by atoms with E-state index < -0.39 is 0 Å². The van der Waals surface area contributed by atoms with Gasteiger partial charge in [0.1, 0.15) is 11.4 Å². The van der Waals surface area contributed by atoms with E-state index in [-0.39, 0.29) is 17.5 Å². The fraction of sp³-hybridized carbons (Fsp3) is 0.111. The summed E-state index contributed by atoms with van der Waals surface area (Å²) in [6.45, 7) is 0.310. The lowest BCUT2D eigenvalue weighted by atomic mass is 10.2. The first-order chi connectivity index (χ1) is 12.7. The highest BCUT2D eigenvalue weighted by Gasteiger charge is 2.13. The lowest BCUT2D eigenvalue weighted by molar-refractivity contribution is 0.0944. The third-order valence-electron chi connectivity index (χ3n) is 3.47. The van der Waals surface area contributed by atoms with Crippen molar-refractivity contribution in [2.24, 2.45) is 0 Å². The average Bonchev–Trinajstić information content (AvgIpc) is 3.15. The summed E-state index contributed by atoms with van der Waals surface area (Å²) in [7, 11) is 1.56. The van der Waals surface area contributed by atoms with Gasteiger partial charge in [-0.1, -0.05) is 6.07 Å². The Morgan fingerprint density at radius 1 is 1.12 bits per heavy atom. The first kappa shape index (κ1) is 17.6. The van der Waals surface area contributed by atoms with Crippen LogP contribution in [0.25, 0.3) is 0 Å². The number of rotatable bonds is 6. The van der Waals surface area contributed by atoms with E-state index >= 15 is 0 Å². The van der Waals surface area contributed by atoms with Crippen LogP contribution in [-0.4, -0.2) is 28.9 Å². The molecule has 2 amide bonds. The normalized spacial score (nSPS) is 10.2. The maximum atomic E-state index is 12.2. The summed E-state index contributed by atoms with van der Waals surface area (Å²) < 4.78 is 5.06. The number of carbonyl (C=O) groups excluding carboxylic acids is 2. The Kier molecular flexibility index (Phi) is 5.55. The second kappa shape index (κ2) is 8.21. The van der Waals surface area contributed by atoms with Crippen LogP contribution in [0, 0.1) is 0 Å². The number of hydrogen-bond acceptors (Lipinski definition) is 6. The SMILES string of the molecule is COc1ccc(C(=O)Nc2nc(C(=O)NCc3ccccn3)cs2)cc1. The number of pyridine rings is 1. The fourth-order valence-electron chi connectivity index (χ4n) is 2.11. The molecule has 2 heterocycles. The predicted molar refractivity (Wildman–Crippen MR) is 98.5 cm³/mol. The molecule has 7 nitrogen and oxygen atoms in total. The first-order valence-corrected chi connectivity index (χ1v) is 8.62. The van der Waals surface area contributed by atoms with Crippen LogP contribution in [0.2, 0.25) is 0 Å². The Balaban J connectivity index is 1.58. The molecule has 8 heteroatoms. The Hall–Kier alpha value is -3.26. The van der Waals surface area contributed by atoms with Crippen molar-refractivity contribution >= 4 is 28.3 Å². The van der Waals surface area contributed by atoms with Crippen molar-refractivity contribution in [3.05, 3.63) is 71.0 Å². The van der Waals surface area contributed by atoms with Crippen molar-refractivity contribution in [3.8, 4) is 5.75 Å². The molecule has 1 aromatic carbocycles. The third kappa shape index (κ3) is 4.42. The standard InChI is InChI=1S/C18H16N4O3S/c1-25-14-7-5-12(6-8-14)16(23)22-18-21-15(11-26-18)17(24)20-10-13-4-2-3-9-19-13/h2-9,11H,10H2,1H3,(H,20,24)(H,21,22,23). The number of aromatic nitrogens is 2. The number of nitrogens with zero attached hydrogens (tertiary/aromatic N) is 2. The van der Waals surface area contributed by atoms with E-state index in [1.807, 2.05) is 18.2 Å². The van der Waals surface area contributed by atoms with Gasteiger partial charge in [0.25, 0.3) is 11.8 Å². The monoisotopic (exact) mass is 368 g/mol. The van der Waals surface area contributed by atoms with Gasteiger partial charge in [-0.15, -0.1) is 11.3 Å². The molecule has 0 saturated heterocycles. The van der Waals surface area contributed by atoms with Crippen molar-refractivity contribution in [1.29, 1.82) is 0 Å². The number of nitrogens with one attached hydrogen (secondary N) is 2. The van der Waals surface area contributed by atoms with E-state index in [2.05, 4.69) is 20.6 Å². The van der Waals surface area contributed by atoms with Crippen LogP contribution in [0.3, 0.4) is 0 Å². The molecule has 26 heavy (non-hydrogen) atoms. The number of benzene rings is 1. The quantitative estimate of drug-likeness (QED) is 0.698. The zero-order chi connectivity index (χ0) is 18.4. The van der Waals surface area contributed by atoms with Crippen molar-refractivity contribution < 1.29 is 14.3 Å². The molecule has 0 aliphatic carbocycles. The molecule has 0 bridgehead atoms. The van der Waals surface area contributed by atoms with Gasteiger partial charge in [-0.05, 0) is 36.4 Å². The number of amides is 2. The smallest absolute Gasteiger partial charge is 0.271 e. The lowest BCUT2D eigenvalue weighted by Gasteiger charge is -2.03. The molecule has 0 unspecified atom stereocenters. The Morgan fingerprint density at radius 2 is 1.92 bits per heavy atom. The molecule has 0 aliphatic rings.